The van der Waals surface area contributed by atoms with Gasteiger partial charge in [-0.05, 0) is 18.9 Å². The van der Waals surface area contributed by atoms with E-state index in [-0.39, 0.29) is 11.7 Å². The zero-order valence-corrected chi connectivity index (χ0v) is 9.48. The first kappa shape index (κ1) is 12.6. The van der Waals surface area contributed by atoms with Crippen LogP contribution in [0.4, 0.5) is 19.0 Å². The van der Waals surface area contributed by atoms with Crippen LogP contribution in [-0.2, 0) is 6.18 Å². The molecule has 1 aromatic rings. The van der Waals surface area contributed by atoms with Gasteiger partial charge in [0.1, 0.15) is 5.82 Å². The van der Waals surface area contributed by atoms with Crippen molar-refractivity contribution in [3.05, 3.63) is 18.1 Å². The van der Waals surface area contributed by atoms with Crippen molar-refractivity contribution in [2.24, 2.45) is 5.92 Å². The second-order valence-electron chi connectivity index (χ2n) is 4.13. The third-order valence-electron chi connectivity index (χ3n) is 2.90. The first-order valence-electron chi connectivity index (χ1n) is 5.55. The van der Waals surface area contributed by atoms with Gasteiger partial charge < -0.3 is 4.90 Å². The van der Waals surface area contributed by atoms with E-state index in [1.54, 1.807) is 4.90 Å². The number of anilines is 1. The van der Waals surface area contributed by atoms with Crippen molar-refractivity contribution >= 4 is 5.82 Å². The molecule has 2 heterocycles. The zero-order valence-electron chi connectivity index (χ0n) is 9.48. The van der Waals surface area contributed by atoms with E-state index >= 15 is 0 Å². The Morgan fingerprint density at radius 3 is 2.56 bits per heavy atom. The Morgan fingerprint density at radius 2 is 2.00 bits per heavy atom. The molecule has 1 aromatic heterocycles. The highest BCUT2D eigenvalue weighted by molar-refractivity contribution is 5.38. The van der Waals surface area contributed by atoms with Gasteiger partial charge in [0.2, 0.25) is 5.82 Å². The maximum Gasteiger partial charge on any atom is 0.451 e. The summed E-state index contributed by atoms with van der Waals surface area (Å²) >= 11 is 0. The van der Waals surface area contributed by atoms with E-state index < -0.39 is 12.0 Å². The van der Waals surface area contributed by atoms with Crippen molar-refractivity contribution in [1.29, 1.82) is 5.26 Å². The van der Waals surface area contributed by atoms with Gasteiger partial charge in [0, 0.05) is 25.2 Å². The average molecular weight is 256 g/mol. The van der Waals surface area contributed by atoms with Crippen LogP contribution in [0.1, 0.15) is 18.7 Å². The molecule has 2 rings (SSSR count). The molecule has 0 aromatic carbocycles. The predicted molar refractivity (Wildman–Crippen MR) is 57.6 cm³/mol. The van der Waals surface area contributed by atoms with Crippen LogP contribution in [0.15, 0.2) is 12.3 Å². The van der Waals surface area contributed by atoms with Gasteiger partial charge in [0.05, 0.1) is 6.07 Å². The van der Waals surface area contributed by atoms with E-state index in [1.807, 2.05) is 0 Å². The Labute approximate surface area is 102 Å². The third kappa shape index (κ3) is 2.70. The molecule has 0 saturated carbocycles. The van der Waals surface area contributed by atoms with Gasteiger partial charge in [-0.15, -0.1) is 0 Å². The quantitative estimate of drug-likeness (QED) is 0.773. The summed E-state index contributed by atoms with van der Waals surface area (Å²) in [6, 6.07) is 3.63. The van der Waals surface area contributed by atoms with Crippen LogP contribution in [0.25, 0.3) is 0 Å². The lowest BCUT2D eigenvalue weighted by molar-refractivity contribution is -0.144. The molecule has 0 unspecified atom stereocenters. The van der Waals surface area contributed by atoms with E-state index in [2.05, 4.69) is 16.0 Å². The SMILES string of the molecule is N#CC1CCN(c2ccnc(C(F)(F)F)n2)CC1. The van der Waals surface area contributed by atoms with E-state index in [0.717, 1.165) is 6.20 Å². The highest BCUT2D eigenvalue weighted by Gasteiger charge is 2.35. The molecule has 0 spiro atoms. The van der Waals surface area contributed by atoms with Crippen LogP contribution < -0.4 is 4.90 Å². The Hall–Kier alpha value is -1.84. The first-order valence-corrected chi connectivity index (χ1v) is 5.55. The van der Waals surface area contributed by atoms with Crippen molar-refractivity contribution in [2.75, 3.05) is 18.0 Å². The van der Waals surface area contributed by atoms with Gasteiger partial charge in [-0.3, -0.25) is 0 Å². The second kappa shape index (κ2) is 4.80. The number of aromatic nitrogens is 2. The fourth-order valence-corrected chi connectivity index (χ4v) is 1.90. The van der Waals surface area contributed by atoms with Gasteiger partial charge >= 0.3 is 6.18 Å². The minimum atomic E-state index is -4.53. The summed E-state index contributed by atoms with van der Waals surface area (Å²) in [5.41, 5.74) is 0. The second-order valence-corrected chi connectivity index (χ2v) is 4.13. The van der Waals surface area contributed by atoms with Crippen LogP contribution in [0.3, 0.4) is 0 Å². The van der Waals surface area contributed by atoms with Crippen LogP contribution in [-0.4, -0.2) is 23.1 Å². The van der Waals surface area contributed by atoms with E-state index in [1.165, 1.54) is 6.07 Å². The van der Waals surface area contributed by atoms with Crippen LogP contribution in [0.2, 0.25) is 0 Å². The van der Waals surface area contributed by atoms with Crippen molar-refractivity contribution in [3.8, 4) is 6.07 Å². The molecule has 0 atom stereocenters. The van der Waals surface area contributed by atoms with Crippen molar-refractivity contribution in [3.63, 3.8) is 0 Å². The molecule has 0 aliphatic carbocycles. The van der Waals surface area contributed by atoms with E-state index in [0.29, 0.717) is 25.9 Å². The van der Waals surface area contributed by atoms with Gasteiger partial charge in [-0.2, -0.15) is 18.4 Å². The first-order chi connectivity index (χ1) is 8.50. The molecule has 4 nitrogen and oxygen atoms in total. The molecule has 0 amide bonds. The molecule has 1 aliphatic heterocycles. The van der Waals surface area contributed by atoms with Gasteiger partial charge in [-0.1, -0.05) is 0 Å². The van der Waals surface area contributed by atoms with Crippen LogP contribution >= 0.6 is 0 Å². The molecule has 0 radical (unpaired) electrons. The van der Waals surface area contributed by atoms with Gasteiger partial charge in [0.15, 0.2) is 0 Å². The third-order valence-corrected chi connectivity index (χ3v) is 2.90. The highest BCUT2D eigenvalue weighted by Crippen LogP contribution is 2.28. The number of nitriles is 1. The standard InChI is InChI=1S/C11H11F3N4/c12-11(13,14)10-16-4-1-9(17-10)18-5-2-8(7-15)3-6-18/h1,4,8H,2-3,5-6H2. The summed E-state index contributed by atoms with van der Waals surface area (Å²) in [7, 11) is 0. The van der Waals surface area contributed by atoms with Crippen LogP contribution in [0, 0.1) is 17.2 Å². The minimum absolute atomic E-state index is 0.00910. The van der Waals surface area contributed by atoms with Crippen LogP contribution in [0.5, 0.6) is 0 Å². The average Bonchev–Trinajstić information content (AvgIpc) is 2.38. The maximum atomic E-state index is 12.5. The predicted octanol–water partition coefficient (Wildman–Crippen LogP) is 2.24. The van der Waals surface area contributed by atoms with E-state index in [4.69, 9.17) is 5.26 Å². The lowest BCUT2D eigenvalue weighted by Gasteiger charge is -2.30. The summed E-state index contributed by atoms with van der Waals surface area (Å²) in [5, 5.41) is 8.76. The fourth-order valence-electron chi connectivity index (χ4n) is 1.90. The number of alkyl halides is 3. The molecule has 18 heavy (non-hydrogen) atoms. The number of halogens is 3. The number of piperidine rings is 1. The summed E-state index contributed by atoms with van der Waals surface area (Å²) < 4.78 is 37.4. The molecule has 1 fully saturated rings. The minimum Gasteiger partial charge on any atom is -0.356 e. The molecule has 0 N–H and O–H groups in total. The maximum absolute atomic E-state index is 12.5. The normalized spacial score (nSPS) is 17.6. The van der Waals surface area contributed by atoms with Crippen molar-refractivity contribution in [2.45, 2.75) is 19.0 Å². The Bertz CT molecular complexity index is 458. The number of nitrogens with zero attached hydrogens (tertiary/aromatic N) is 4. The van der Waals surface area contributed by atoms with Crippen molar-refractivity contribution < 1.29 is 13.2 Å². The fraction of sp³-hybridized carbons (Fsp3) is 0.545. The summed E-state index contributed by atoms with van der Waals surface area (Å²) in [6.07, 6.45) is -2.10. The Morgan fingerprint density at radius 1 is 1.33 bits per heavy atom. The number of rotatable bonds is 1. The Balaban J connectivity index is 2.13. The summed E-state index contributed by atoms with van der Waals surface area (Å²) in [6.45, 7) is 1.10. The monoisotopic (exact) mass is 256 g/mol. The molecule has 96 valence electrons. The van der Waals surface area contributed by atoms with Crippen molar-refractivity contribution in [1.82, 2.24) is 9.97 Å². The molecular weight excluding hydrogens is 245 g/mol. The molecule has 1 saturated heterocycles. The number of hydrogen-bond acceptors (Lipinski definition) is 4. The molecule has 1 aliphatic rings. The molecular formula is C11H11F3N4. The van der Waals surface area contributed by atoms with Gasteiger partial charge in [0.25, 0.3) is 0 Å². The lowest BCUT2D eigenvalue weighted by Crippen LogP contribution is -2.34. The van der Waals surface area contributed by atoms with Gasteiger partial charge in [-0.25, -0.2) is 9.97 Å². The largest absolute Gasteiger partial charge is 0.451 e. The topological polar surface area (TPSA) is 52.8 Å². The molecule has 7 heteroatoms. The lowest BCUT2D eigenvalue weighted by atomic mass is 9.99. The summed E-state index contributed by atoms with van der Waals surface area (Å²) in [4.78, 5) is 8.50. The zero-order chi connectivity index (χ0) is 13.2. The smallest absolute Gasteiger partial charge is 0.356 e. The van der Waals surface area contributed by atoms with E-state index in [9.17, 15) is 13.2 Å². The number of hydrogen-bond donors (Lipinski definition) is 0. The summed E-state index contributed by atoms with van der Waals surface area (Å²) in [5.74, 6) is -0.860. The highest BCUT2D eigenvalue weighted by atomic mass is 19.4. The molecule has 0 bridgehead atoms. The Kier molecular flexibility index (Phi) is 3.36.